The standard InChI is InChI=1S/C10H7Cl2N3O2/c1-15-10(16)9(12)8(5-14-15)17-7-2-6(11)3-13-4-7/h2-5H,1H3. The number of pyridine rings is 1. The van der Waals surface area contributed by atoms with Crippen LogP contribution in [-0.4, -0.2) is 14.8 Å². The number of aryl methyl sites for hydroxylation is 1. The minimum Gasteiger partial charge on any atom is -0.452 e. The molecule has 0 radical (unpaired) electrons. The molecule has 2 heterocycles. The number of hydrogen-bond donors (Lipinski definition) is 0. The van der Waals surface area contributed by atoms with Crippen molar-refractivity contribution in [1.82, 2.24) is 14.8 Å². The monoisotopic (exact) mass is 271 g/mol. The molecule has 0 amide bonds. The molecule has 0 saturated heterocycles. The molecule has 5 nitrogen and oxygen atoms in total. The molecule has 0 bridgehead atoms. The molecule has 0 spiro atoms. The molecule has 2 aromatic heterocycles. The second kappa shape index (κ2) is 4.73. The molecule has 0 atom stereocenters. The maximum Gasteiger partial charge on any atom is 0.289 e. The van der Waals surface area contributed by atoms with Crippen molar-refractivity contribution in [1.29, 1.82) is 0 Å². The van der Waals surface area contributed by atoms with Gasteiger partial charge in [0.1, 0.15) is 5.75 Å². The van der Waals surface area contributed by atoms with Gasteiger partial charge in [-0.25, -0.2) is 4.68 Å². The van der Waals surface area contributed by atoms with Crippen molar-refractivity contribution in [3.63, 3.8) is 0 Å². The summed E-state index contributed by atoms with van der Waals surface area (Å²) in [5.74, 6) is 0.549. The molecule has 2 aromatic rings. The van der Waals surface area contributed by atoms with Gasteiger partial charge in [-0.15, -0.1) is 0 Å². The van der Waals surface area contributed by atoms with Gasteiger partial charge in [-0.1, -0.05) is 23.2 Å². The Morgan fingerprint density at radius 3 is 2.76 bits per heavy atom. The predicted molar refractivity (Wildman–Crippen MR) is 63.8 cm³/mol. The zero-order valence-electron chi connectivity index (χ0n) is 8.72. The van der Waals surface area contributed by atoms with Gasteiger partial charge in [0.05, 0.1) is 17.4 Å². The Hall–Kier alpha value is -1.59. The number of nitrogens with zero attached hydrogens (tertiary/aromatic N) is 3. The van der Waals surface area contributed by atoms with Crippen molar-refractivity contribution in [3.8, 4) is 11.5 Å². The Balaban J connectivity index is 2.37. The van der Waals surface area contributed by atoms with Crippen LogP contribution < -0.4 is 10.3 Å². The number of aromatic nitrogens is 3. The first-order valence-corrected chi connectivity index (χ1v) is 5.34. The first-order valence-electron chi connectivity index (χ1n) is 4.58. The molecule has 0 unspecified atom stereocenters. The van der Waals surface area contributed by atoms with Crippen molar-refractivity contribution in [2.45, 2.75) is 0 Å². The molecule has 0 aliphatic carbocycles. The molecule has 0 saturated carbocycles. The van der Waals surface area contributed by atoms with Crippen molar-refractivity contribution in [3.05, 3.63) is 45.1 Å². The van der Waals surface area contributed by atoms with Crippen LogP contribution in [-0.2, 0) is 7.05 Å². The summed E-state index contributed by atoms with van der Waals surface area (Å²) in [6.07, 6.45) is 4.28. The van der Waals surface area contributed by atoms with Crippen LogP contribution in [0.3, 0.4) is 0 Å². The fourth-order valence-corrected chi connectivity index (χ4v) is 1.52. The first kappa shape index (κ1) is 11.9. The molecular formula is C10H7Cl2N3O2. The lowest BCUT2D eigenvalue weighted by atomic mass is 10.4. The molecule has 0 N–H and O–H groups in total. The second-order valence-electron chi connectivity index (χ2n) is 3.19. The molecule has 17 heavy (non-hydrogen) atoms. The van der Waals surface area contributed by atoms with Gasteiger partial charge >= 0.3 is 0 Å². The van der Waals surface area contributed by atoms with Gasteiger partial charge in [-0.3, -0.25) is 9.78 Å². The van der Waals surface area contributed by atoms with Gasteiger partial charge in [0.15, 0.2) is 10.8 Å². The van der Waals surface area contributed by atoms with Crippen LogP contribution in [0.15, 0.2) is 29.5 Å². The third kappa shape index (κ3) is 2.57. The highest BCUT2D eigenvalue weighted by Gasteiger charge is 2.09. The SMILES string of the molecule is Cn1ncc(Oc2cncc(Cl)c2)c(Cl)c1=O. The molecule has 0 aliphatic rings. The van der Waals surface area contributed by atoms with E-state index in [9.17, 15) is 4.79 Å². The Morgan fingerprint density at radius 2 is 2.06 bits per heavy atom. The van der Waals surface area contributed by atoms with Gasteiger partial charge in [0, 0.05) is 19.3 Å². The average Bonchev–Trinajstić information content (AvgIpc) is 2.30. The number of ether oxygens (including phenoxy) is 1. The zero-order chi connectivity index (χ0) is 12.4. The van der Waals surface area contributed by atoms with Crippen LogP contribution in [0.4, 0.5) is 0 Å². The lowest BCUT2D eigenvalue weighted by Crippen LogP contribution is -2.19. The fourth-order valence-electron chi connectivity index (χ4n) is 1.14. The van der Waals surface area contributed by atoms with E-state index in [4.69, 9.17) is 27.9 Å². The van der Waals surface area contributed by atoms with E-state index in [1.54, 1.807) is 6.07 Å². The first-order chi connectivity index (χ1) is 8.08. The van der Waals surface area contributed by atoms with Crippen LogP contribution in [0.2, 0.25) is 10.0 Å². The zero-order valence-corrected chi connectivity index (χ0v) is 10.2. The summed E-state index contributed by atoms with van der Waals surface area (Å²) < 4.78 is 6.49. The summed E-state index contributed by atoms with van der Waals surface area (Å²) in [5.41, 5.74) is -0.431. The molecule has 0 aliphatic heterocycles. The summed E-state index contributed by atoms with van der Waals surface area (Å²) in [5, 5.41) is 4.19. The highest BCUT2D eigenvalue weighted by molar-refractivity contribution is 6.31. The summed E-state index contributed by atoms with van der Waals surface area (Å²) in [4.78, 5) is 15.3. The number of halogens is 2. The normalized spacial score (nSPS) is 10.3. The summed E-state index contributed by atoms with van der Waals surface area (Å²) >= 11 is 11.6. The van der Waals surface area contributed by atoms with Gasteiger partial charge in [-0.05, 0) is 0 Å². The van der Waals surface area contributed by atoms with Gasteiger partial charge in [0.2, 0.25) is 0 Å². The van der Waals surface area contributed by atoms with E-state index in [1.807, 2.05) is 0 Å². The van der Waals surface area contributed by atoms with Crippen molar-refractivity contribution in [2.24, 2.45) is 7.05 Å². The van der Waals surface area contributed by atoms with E-state index in [-0.39, 0.29) is 10.8 Å². The van der Waals surface area contributed by atoms with E-state index >= 15 is 0 Å². The average molecular weight is 272 g/mol. The van der Waals surface area contributed by atoms with E-state index in [1.165, 1.54) is 25.6 Å². The van der Waals surface area contributed by atoms with E-state index in [0.717, 1.165) is 4.68 Å². The van der Waals surface area contributed by atoms with E-state index in [0.29, 0.717) is 10.8 Å². The Morgan fingerprint density at radius 1 is 1.29 bits per heavy atom. The lowest BCUT2D eigenvalue weighted by Gasteiger charge is -2.07. The van der Waals surface area contributed by atoms with Crippen molar-refractivity contribution < 1.29 is 4.74 Å². The van der Waals surface area contributed by atoms with Gasteiger partial charge in [-0.2, -0.15) is 5.10 Å². The van der Waals surface area contributed by atoms with Crippen molar-refractivity contribution in [2.75, 3.05) is 0 Å². The van der Waals surface area contributed by atoms with Crippen molar-refractivity contribution >= 4 is 23.2 Å². The summed E-state index contributed by atoms with van der Waals surface area (Å²) in [6, 6.07) is 1.56. The minimum atomic E-state index is -0.431. The van der Waals surface area contributed by atoms with Crippen LogP contribution in [0.25, 0.3) is 0 Å². The predicted octanol–water partition coefficient (Wildman–Crippen LogP) is 2.27. The minimum absolute atomic E-state index is 0.0394. The third-order valence-corrected chi connectivity index (χ3v) is 2.51. The van der Waals surface area contributed by atoms with Gasteiger partial charge < -0.3 is 4.74 Å². The largest absolute Gasteiger partial charge is 0.452 e. The fraction of sp³-hybridized carbons (Fsp3) is 0.100. The molecule has 2 rings (SSSR count). The molecule has 0 fully saturated rings. The Labute approximate surface area is 107 Å². The molecule has 0 aromatic carbocycles. The maximum atomic E-state index is 11.5. The number of rotatable bonds is 2. The van der Waals surface area contributed by atoms with Crippen LogP contribution >= 0.6 is 23.2 Å². The Bertz CT molecular complexity index is 613. The maximum absolute atomic E-state index is 11.5. The third-order valence-electron chi connectivity index (χ3n) is 1.95. The van der Waals surface area contributed by atoms with Crippen LogP contribution in [0.1, 0.15) is 0 Å². The van der Waals surface area contributed by atoms with Gasteiger partial charge in [0.25, 0.3) is 5.56 Å². The van der Waals surface area contributed by atoms with Crippen LogP contribution in [0, 0.1) is 0 Å². The smallest absolute Gasteiger partial charge is 0.289 e. The summed E-state index contributed by atoms with van der Waals surface area (Å²) in [7, 11) is 1.50. The molecule has 88 valence electrons. The number of hydrogen-bond acceptors (Lipinski definition) is 4. The topological polar surface area (TPSA) is 57.0 Å². The quantitative estimate of drug-likeness (QED) is 0.841. The van der Waals surface area contributed by atoms with E-state index < -0.39 is 5.56 Å². The molecule has 7 heteroatoms. The van der Waals surface area contributed by atoms with E-state index in [2.05, 4.69) is 10.1 Å². The highest BCUT2D eigenvalue weighted by Crippen LogP contribution is 2.26. The summed E-state index contributed by atoms with van der Waals surface area (Å²) in [6.45, 7) is 0. The Kier molecular flexibility index (Phi) is 3.31. The van der Waals surface area contributed by atoms with Crippen LogP contribution in [0.5, 0.6) is 11.5 Å². The lowest BCUT2D eigenvalue weighted by molar-refractivity contribution is 0.471. The second-order valence-corrected chi connectivity index (χ2v) is 4.01. The highest BCUT2D eigenvalue weighted by atomic mass is 35.5. The molecular weight excluding hydrogens is 265 g/mol.